The van der Waals surface area contributed by atoms with E-state index in [9.17, 15) is 0 Å². The summed E-state index contributed by atoms with van der Waals surface area (Å²) in [6, 6.07) is 0. The topological polar surface area (TPSA) is 43.8 Å². The van der Waals surface area contributed by atoms with Crippen molar-refractivity contribution in [2.75, 3.05) is 6.54 Å². The van der Waals surface area contributed by atoms with Gasteiger partial charge in [0.2, 0.25) is 0 Å². The van der Waals surface area contributed by atoms with Gasteiger partial charge in [0.15, 0.2) is 0 Å². The summed E-state index contributed by atoms with van der Waals surface area (Å²) < 4.78 is 2.13. The average molecular weight is 181 g/mol. The molecular weight excluding hydrogens is 162 g/mol. The maximum absolute atomic E-state index is 5.50. The summed E-state index contributed by atoms with van der Waals surface area (Å²) in [7, 11) is 0. The molecule has 74 valence electrons. The van der Waals surface area contributed by atoms with Crippen LogP contribution in [0.5, 0.6) is 0 Å². The molecule has 3 nitrogen and oxygen atoms in total. The Hall–Kier alpha value is -0.830. The third-order valence-electron chi connectivity index (χ3n) is 1.88. The van der Waals surface area contributed by atoms with Gasteiger partial charge >= 0.3 is 0 Å². The summed E-state index contributed by atoms with van der Waals surface area (Å²) >= 11 is 0. The summed E-state index contributed by atoms with van der Waals surface area (Å²) in [5.74, 6) is 0. The van der Waals surface area contributed by atoms with Crippen LogP contribution in [-0.4, -0.2) is 16.1 Å². The van der Waals surface area contributed by atoms with Crippen molar-refractivity contribution in [1.29, 1.82) is 0 Å². The molecule has 1 heterocycles. The van der Waals surface area contributed by atoms with Crippen LogP contribution in [0, 0.1) is 5.41 Å². The summed E-state index contributed by atoms with van der Waals surface area (Å²) in [5, 5.41) is 0. The molecule has 0 saturated heterocycles. The monoisotopic (exact) mass is 181 g/mol. The molecule has 0 aromatic carbocycles. The number of hydrogen-bond donors (Lipinski definition) is 1. The quantitative estimate of drug-likeness (QED) is 0.766. The average Bonchev–Trinajstić information content (AvgIpc) is 2.34. The summed E-state index contributed by atoms with van der Waals surface area (Å²) in [6.07, 6.45) is 4.84. The lowest BCUT2D eigenvalue weighted by Crippen LogP contribution is -2.16. The first-order valence-corrected chi connectivity index (χ1v) is 4.72. The van der Waals surface area contributed by atoms with E-state index in [0.717, 1.165) is 13.0 Å². The minimum atomic E-state index is 0.312. The van der Waals surface area contributed by atoms with Crippen LogP contribution in [0.25, 0.3) is 0 Å². The SMILES string of the molecule is CC(C)(C)Cc1cncn1CCN. The molecule has 0 saturated carbocycles. The molecular formula is C10H19N3. The van der Waals surface area contributed by atoms with Crippen LogP contribution in [0.2, 0.25) is 0 Å². The standard InChI is InChI=1S/C10H19N3/c1-10(2,3)6-9-7-12-8-13(9)5-4-11/h7-8H,4-6,11H2,1-3H3. The van der Waals surface area contributed by atoms with E-state index in [0.29, 0.717) is 12.0 Å². The van der Waals surface area contributed by atoms with E-state index in [2.05, 4.69) is 30.3 Å². The second-order valence-electron chi connectivity index (χ2n) is 4.60. The van der Waals surface area contributed by atoms with Crippen LogP contribution in [0.15, 0.2) is 12.5 Å². The van der Waals surface area contributed by atoms with E-state index in [4.69, 9.17) is 5.73 Å². The fourth-order valence-corrected chi connectivity index (χ4v) is 1.38. The highest BCUT2D eigenvalue weighted by Gasteiger charge is 2.13. The Labute approximate surface area is 80.0 Å². The van der Waals surface area contributed by atoms with Crippen LogP contribution in [0.3, 0.4) is 0 Å². The Morgan fingerprint density at radius 3 is 2.69 bits per heavy atom. The van der Waals surface area contributed by atoms with E-state index in [-0.39, 0.29) is 0 Å². The first-order chi connectivity index (χ1) is 6.03. The largest absolute Gasteiger partial charge is 0.333 e. The summed E-state index contributed by atoms with van der Waals surface area (Å²) in [6.45, 7) is 8.23. The number of rotatable bonds is 3. The molecule has 0 aliphatic heterocycles. The van der Waals surface area contributed by atoms with Crippen LogP contribution in [-0.2, 0) is 13.0 Å². The zero-order chi connectivity index (χ0) is 9.90. The van der Waals surface area contributed by atoms with Crippen LogP contribution in [0.4, 0.5) is 0 Å². The molecule has 0 fully saturated rings. The van der Waals surface area contributed by atoms with E-state index in [1.807, 2.05) is 12.5 Å². The van der Waals surface area contributed by atoms with Gasteiger partial charge in [-0.25, -0.2) is 4.98 Å². The Bertz CT molecular complexity index is 257. The Balaban J connectivity index is 2.70. The smallest absolute Gasteiger partial charge is 0.0948 e. The van der Waals surface area contributed by atoms with E-state index < -0.39 is 0 Å². The number of aromatic nitrogens is 2. The normalized spacial score (nSPS) is 12.0. The Morgan fingerprint density at radius 2 is 2.15 bits per heavy atom. The van der Waals surface area contributed by atoms with Gasteiger partial charge < -0.3 is 10.3 Å². The Kier molecular flexibility index (Phi) is 3.09. The van der Waals surface area contributed by atoms with Gasteiger partial charge in [0, 0.05) is 25.0 Å². The lowest BCUT2D eigenvalue weighted by molar-refractivity contribution is 0.398. The second kappa shape index (κ2) is 3.92. The zero-order valence-corrected chi connectivity index (χ0v) is 8.75. The fourth-order valence-electron chi connectivity index (χ4n) is 1.38. The van der Waals surface area contributed by atoms with Gasteiger partial charge in [0.1, 0.15) is 0 Å². The van der Waals surface area contributed by atoms with Crippen LogP contribution in [0.1, 0.15) is 26.5 Å². The van der Waals surface area contributed by atoms with E-state index >= 15 is 0 Å². The molecule has 2 N–H and O–H groups in total. The lowest BCUT2D eigenvalue weighted by atomic mass is 9.91. The van der Waals surface area contributed by atoms with E-state index in [1.165, 1.54) is 5.69 Å². The van der Waals surface area contributed by atoms with Crippen molar-refractivity contribution in [2.24, 2.45) is 11.1 Å². The zero-order valence-electron chi connectivity index (χ0n) is 8.75. The number of nitrogens with zero attached hydrogens (tertiary/aromatic N) is 2. The van der Waals surface area contributed by atoms with Crippen molar-refractivity contribution in [2.45, 2.75) is 33.7 Å². The van der Waals surface area contributed by atoms with Gasteiger partial charge in [0.25, 0.3) is 0 Å². The van der Waals surface area contributed by atoms with Crippen molar-refractivity contribution < 1.29 is 0 Å². The highest BCUT2D eigenvalue weighted by molar-refractivity contribution is 5.01. The molecule has 0 radical (unpaired) electrons. The van der Waals surface area contributed by atoms with Crippen molar-refractivity contribution in [3.63, 3.8) is 0 Å². The first kappa shape index (κ1) is 10.3. The van der Waals surface area contributed by atoms with Gasteiger partial charge in [-0.05, 0) is 11.8 Å². The summed E-state index contributed by atoms with van der Waals surface area (Å²) in [4.78, 5) is 4.13. The molecule has 13 heavy (non-hydrogen) atoms. The molecule has 0 aliphatic carbocycles. The second-order valence-corrected chi connectivity index (χ2v) is 4.60. The third kappa shape index (κ3) is 3.19. The molecule has 0 spiro atoms. The van der Waals surface area contributed by atoms with Gasteiger partial charge in [0.05, 0.1) is 6.33 Å². The van der Waals surface area contributed by atoms with Gasteiger partial charge in [-0.2, -0.15) is 0 Å². The highest BCUT2D eigenvalue weighted by Crippen LogP contribution is 2.19. The third-order valence-corrected chi connectivity index (χ3v) is 1.88. The molecule has 0 aliphatic rings. The number of nitrogens with two attached hydrogens (primary N) is 1. The molecule has 1 aromatic heterocycles. The highest BCUT2D eigenvalue weighted by atomic mass is 15.0. The van der Waals surface area contributed by atoms with Crippen LogP contribution < -0.4 is 5.73 Å². The molecule has 0 unspecified atom stereocenters. The molecule has 0 bridgehead atoms. The predicted octanol–water partition coefficient (Wildman–Crippen LogP) is 1.43. The van der Waals surface area contributed by atoms with Crippen molar-refractivity contribution in [3.8, 4) is 0 Å². The first-order valence-electron chi connectivity index (χ1n) is 4.72. The van der Waals surface area contributed by atoms with Gasteiger partial charge in [-0.3, -0.25) is 0 Å². The molecule has 1 rings (SSSR count). The van der Waals surface area contributed by atoms with Crippen molar-refractivity contribution >= 4 is 0 Å². The minimum absolute atomic E-state index is 0.312. The van der Waals surface area contributed by atoms with Crippen LogP contribution >= 0.6 is 0 Å². The van der Waals surface area contributed by atoms with Crippen molar-refractivity contribution in [1.82, 2.24) is 9.55 Å². The lowest BCUT2D eigenvalue weighted by Gasteiger charge is -2.18. The summed E-state index contributed by atoms with van der Waals surface area (Å²) in [5.41, 5.74) is 7.09. The molecule has 1 aromatic rings. The fraction of sp³-hybridized carbons (Fsp3) is 0.700. The molecule has 3 heteroatoms. The number of hydrogen-bond acceptors (Lipinski definition) is 2. The minimum Gasteiger partial charge on any atom is -0.333 e. The maximum atomic E-state index is 5.50. The maximum Gasteiger partial charge on any atom is 0.0948 e. The van der Waals surface area contributed by atoms with E-state index in [1.54, 1.807) is 0 Å². The molecule has 0 atom stereocenters. The number of imidazole rings is 1. The van der Waals surface area contributed by atoms with Gasteiger partial charge in [-0.15, -0.1) is 0 Å². The Morgan fingerprint density at radius 1 is 1.46 bits per heavy atom. The predicted molar refractivity (Wildman–Crippen MR) is 54.4 cm³/mol. The van der Waals surface area contributed by atoms with Crippen molar-refractivity contribution in [3.05, 3.63) is 18.2 Å². The van der Waals surface area contributed by atoms with Gasteiger partial charge in [-0.1, -0.05) is 20.8 Å². The molecule has 0 amide bonds.